The van der Waals surface area contributed by atoms with Crippen molar-refractivity contribution in [3.63, 3.8) is 0 Å². The Balaban J connectivity index is 2.10. The van der Waals surface area contributed by atoms with E-state index in [2.05, 4.69) is 33.7 Å². The van der Waals surface area contributed by atoms with Crippen molar-refractivity contribution in [2.24, 2.45) is 4.99 Å². The van der Waals surface area contributed by atoms with Gasteiger partial charge in [-0.3, -0.25) is 9.89 Å². The lowest BCUT2D eigenvalue weighted by atomic mass is 10.3. The van der Waals surface area contributed by atoms with Gasteiger partial charge in [-0.05, 0) is 38.3 Å². The predicted octanol–water partition coefficient (Wildman–Crippen LogP) is 1.02. The number of nitrogens with one attached hydrogen (secondary N) is 2. The van der Waals surface area contributed by atoms with E-state index in [4.69, 9.17) is 4.74 Å². The third-order valence-electron chi connectivity index (χ3n) is 3.17. The number of thioether (sulfide) groups is 1. The lowest BCUT2D eigenvalue weighted by Crippen LogP contribution is -2.40. The monoisotopic (exact) mass is 302 g/mol. The highest BCUT2D eigenvalue weighted by atomic mass is 32.2. The Morgan fingerprint density at radius 3 is 2.75 bits per heavy atom. The first-order valence-electron chi connectivity index (χ1n) is 7.68. The summed E-state index contributed by atoms with van der Waals surface area (Å²) < 4.78 is 5.35. The molecule has 1 heterocycles. The van der Waals surface area contributed by atoms with Crippen molar-refractivity contribution in [1.29, 1.82) is 0 Å². The highest BCUT2D eigenvalue weighted by Crippen LogP contribution is 1.97. The van der Waals surface area contributed by atoms with Gasteiger partial charge in [0.05, 0.1) is 13.2 Å². The molecule has 1 rings (SSSR count). The van der Waals surface area contributed by atoms with Crippen LogP contribution in [0.4, 0.5) is 0 Å². The number of nitrogens with zero attached hydrogens (tertiary/aromatic N) is 2. The smallest absolute Gasteiger partial charge is 0.191 e. The summed E-state index contributed by atoms with van der Waals surface area (Å²) in [5.74, 6) is 2.13. The molecule has 0 radical (unpaired) electrons. The van der Waals surface area contributed by atoms with Crippen LogP contribution in [0.1, 0.15) is 19.8 Å². The van der Waals surface area contributed by atoms with E-state index in [1.807, 2.05) is 11.8 Å². The van der Waals surface area contributed by atoms with Crippen LogP contribution >= 0.6 is 11.8 Å². The Hall–Kier alpha value is -0.460. The second-order valence-corrected chi connectivity index (χ2v) is 5.83. The Morgan fingerprint density at radius 1 is 1.25 bits per heavy atom. The number of rotatable bonds is 9. The molecule has 0 aromatic heterocycles. The lowest BCUT2D eigenvalue weighted by molar-refractivity contribution is 0.0376. The minimum Gasteiger partial charge on any atom is -0.379 e. The summed E-state index contributed by atoms with van der Waals surface area (Å²) >= 11 is 1.88. The molecule has 0 aromatic carbocycles. The van der Waals surface area contributed by atoms with Gasteiger partial charge in [-0.25, -0.2) is 0 Å². The highest BCUT2D eigenvalue weighted by Gasteiger charge is 2.09. The van der Waals surface area contributed by atoms with Crippen molar-refractivity contribution in [1.82, 2.24) is 15.5 Å². The first-order chi connectivity index (χ1) is 9.86. The molecule has 0 aromatic rings. The molecule has 118 valence electrons. The second-order valence-electron chi connectivity index (χ2n) is 4.84. The molecule has 1 fully saturated rings. The molecule has 0 amide bonds. The van der Waals surface area contributed by atoms with E-state index in [0.717, 1.165) is 71.3 Å². The number of guanidine groups is 1. The molecule has 0 aliphatic carbocycles. The van der Waals surface area contributed by atoms with Crippen LogP contribution in [0.25, 0.3) is 0 Å². The van der Waals surface area contributed by atoms with Gasteiger partial charge in [0.1, 0.15) is 0 Å². The molecule has 20 heavy (non-hydrogen) atoms. The molecule has 0 saturated carbocycles. The van der Waals surface area contributed by atoms with Crippen LogP contribution in [0.2, 0.25) is 0 Å². The minimum atomic E-state index is 0.882. The maximum absolute atomic E-state index is 5.35. The zero-order valence-corrected chi connectivity index (χ0v) is 13.8. The highest BCUT2D eigenvalue weighted by molar-refractivity contribution is 7.98. The first-order valence-corrected chi connectivity index (χ1v) is 9.07. The van der Waals surface area contributed by atoms with Crippen LogP contribution in [0, 0.1) is 0 Å². The van der Waals surface area contributed by atoms with Crippen LogP contribution in [0.5, 0.6) is 0 Å². The summed E-state index contributed by atoms with van der Waals surface area (Å²) in [6, 6.07) is 0. The molecule has 2 N–H and O–H groups in total. The molecule has 1 saturated heterocycles. The number of morpholine rings is 1. The number of aliphatic imine (C=N–C) groups is 1. The average molecular weight is 302 g/mol. The van der Waals surface area contributed by atoms with E-state index in [9.17, 15) is 0 Å². The SMILES string of the molecule is CCNC(=NCCCSC)NCCCN1CCOCC1. The molecule has 1 aliphatic heterocycles. The number of hydrogen-bond acceptors (Lipinski definition) is 4. The standard InChI is InChI=1S/C14H30N4OS/c1-3-15-14(17-7-5-13-20-2)16-6-4-8-18-9-11-19-12-10-18/h3-13H2,1-2H3,(H2,15,16,17). The van der Waals surface area contributed by atoms with Crippen molar-refractivity contribution < 1.29 is 4.74 Å². The van der Waals surface area contributed by atoms with Crippen molar-refractivity contribution >= 4 is 17.7 Å². The molecule has 5 nitrogen and oxygen atoms in total. The predicted molar refractivity (Wildman–Crippen MR) is 88.9 cm³/mol. The summed E-state index contributed by atoms with van der Waals surface area (Å²) in [4.78, 5) is 7.05. The molecule has 6 heteroatoms. The summed E-state index contributed by atoms with van der Waals surface area (Å²) in [6.45, 7) is 9.95. The van der Waals surface area contributed by atoms with Gasteiger partial charge >= 0.3 is 0 Å². The molecule has 0 spiro atoms. The van der Waals surface area contributed by atoms with Gasteiger partial charge < -0.3 is 15.4 Å². The van der Waals surface area contributed by atoms with E-state index in [1.165, 1.54) is 5.75 Å². The summed E-state index contributed by atoms with van der Waals surface area (Å²) in [5.41, 5.74) is 0. The van der Waals surface area contributed by atoms with Crippen molar-refractivity contribution in [3.05, 3.63) is 0 Å². The van der Waals surface area contributed by atoms with Gasteiger partial charge in [0.2, 0.25) is 0 Å². The summed E-state index contributed by atoms with van der Waals surface area (Å²) in [5, 5.41) is 6.71. The summed E-state index contributed by atoms with van der Waals surface area (Å²) in [7, 11) is 0. The maximum Gasteiger partial charge on any atom is 0.191 e. The van der Waals surface area contributed by atoms with E-state index >= 15 is 0 Å². The van der Waals surface area contributed by atoms with Crippen molar-refractivity contribution in [2.75, 3.05) is 64.5 Å². The van der Waals surface area contributed by atoms with Gasteiger partial charge in [-0.1, -0.05) is 0 Å². The topological polar surface area (TPSA) is 48.9 Å². The van der Waals surface area contributed by atoms with Crippen molar-refractivity contribution in [2.45, 2.75) is 19.8 Å². The Kier molecular flexibility index (Phi) is 10.8. The van der Waals surface area contributed by atoms with Gasteiger partial charge in [0.25, 0.3) is 0 Å². The van der Waals surface area contributed by atoms with Crippen molar-refractivity contribution in [3.8, 4) is 0 Å². The number of hydrogen-bond donors (Lipinski definition) is 2. The Labute approximate surface area is 127 Å². The van der Waals surface area contributed by atoms with Crippen LogP contribution < -0.4 is 10.6 Å². The van der Waals surface area contributed by atoms with Gasteiger partial charge in [-0.15, -0.1) is 0 Å². The molecular formula is C14H30N4OS. The number of ether oxygens (including phenoxy) is 1. The third-order valence-corrected chi connectivity index (χ3v) is 3.86. The van der Waals surface area contributed by atoms with E-state index in [0.29, 0.717) is 0 Å². The maximum atomic E-state index is 5.35. The zero-order valence-electron chi connectivity index (χ0n) is 13.0. The molecule has 0 atom stereocenters. The zero-order chi connectivity index (χ0) is 14.5. The normalized spacial score (nSPS) is 17.2. The average Bonchev–Trinajstić information content (AvgIpc) is 2.49. The van der Waals surface area contributed by atoms with Gasteiger partial charge in [-0.2, -0.15) is 11.8 Å². The largest absolute Gasteiger partial charge is 0.379 e. The van der Waals surface area contributed by atoms with E-state index in [1.54, 1.807) is 0 Å². The van der Waals surface area contributed by atoms with E-state index < -0.39 is 0 Å². The van der Waals surface area contributed by atoms with Gasteiger partial charge in [0.15, 0.2) is 5.96 Å². The van der Waals surface area contributed by atoms with Crippen LogP contribution in [-0.4, -0.2) is 75.4 Å². The van der Waals surface area contributed by atoms with E-state index in [-0.39, 0.29) is 0 Å². The van der Waals surface area contributed by atoms with Gasteiger partial charge in [0, 0.05) is 32.7 Å². The fraction of sp³-hybridized carbons (Fsp3) is 0.929. The fourth-order valence-electron chi connectivity index (χ4n) is 2.08. The fourth-order valence-corrected chi connectivity index (χ4v) is 2.49. The quantitative estimate of drug-likeness (QED) is 0.378. The molecular weight excluding hydrogens is 272 g/mol. The van der Waals surface area contributed by atoms with Crippen LogP contribution in [0.3, 0.4) is 0 Å². The molecule has 0 unspecified atom stereocenters. The Bertz CT molecular complexity index is 258. The van der Waals surface area contributed by atoms with Crippen LogP contribution in [-0.2, 0) is 4.74 Å². The lowest BCUT2D eigenvalue weighted by Gasteiger charge is -2.26. The third kappa shape index (κ3) is 8.66. The second kappa shape index (κ2) is 12.3. The van der Waals surface area contributed by atoms with Crippen LogP contribution in [0.15, 0.2) is 4.99 Å². The Morgan fingerprint density at radius 2 is 2.05 bits per heavy atom. The molecule has 1 aliphatic rings. The first kappa shape index (κ1) is 17.6. The minimum absolute atomic E-state index is 0.882. The summed E-state index contributed by atoms with van der Waals surface area (Å²) in [6.07, 6.45) is 4.43. The molecule has 0 bridgehead atoms.